The molecule has 3 aliphatic heterocycles. The molecule has 0 spiro atoms. The number of para-hydroxylation sites is 1. The zero-order valence-corrected chi connectivity index (χ0v) is 32.7. The maximum absolute atomic E-state index is 11.6. The van der Waals surface area contributed by atoms with Crippen LogP contribution in [0.4, 0.5) is 4.79 Å². The summed E-state index contributed by atoms with van der Waals surface area (Å²) in [6.07, 6.45) is 11.8. The fourth-order valence-electron chi connectivity index (χ4n) is 5.67. The Labute approximate surface area is 332 Å². The van der Waals surface area contributed by atoms with Crippen LogP contribution in [0.25, 0.3) is 0 Å². The third kappa shape index (κ3) is 12.1. The topological polar surface area (TPSA) is 223 Å². The van der Waals surface area contributed by atoms with E-state index in [1.165, 1.54) is 10.8 Å². The summed E-state index contributed by atoms with van der Waals surface area (Å²) in [6.45, 7) is 7.23. The van der Waals surface area contributed by atoms with E-state index in [1.54, 1.807) is 50.4 Å². The maximum atomic E-state index is 11.6. The van der Waals surface area contributed by atoms with E-state index in [4.69, 9.17) is 33.7 Å². The van der Waals surface area contributed by atoms with Gasteiger partial charge in [-0.2, -0.15) is 4.98 Å². The molecular weight excluding hydrogens is 719 g/mol. The number of H-pyrrole nitrogens is 1. The number of aromatic amines is 1. The molecule has 17 nitrogen and oxygen atoms in total. The SMILES string of the molecule is CC[C@@H]1CC(O)[C@H](n2cc(C)c(=O)[nH]c2=O)O1.CC[C@@H]1CC2Oc3nc(=O)c(C)cn3[C@@H]2O1.O=C(OC1=CCCC=C1)Oc1ccccc1.O=CO[O-].[Na+]. The number of rotatable bonds is 6. The molecule has 5 heterocycles. The summed E-state index contributed by atoms with van der Waals surface area (Å²) in [5.41, 5.74) is -0.151. The van der Waals surface area contributed by atoms with Gasteiger partial charge in [-0.05, 0) is 63.8 Å². The third-order valence-electron chi connectivity index (χ3n) is 8.41. The Kier molecular flexibility index (Phi) is 17.5. The number of nitrogens with one attached hydrogen (secondary N) is 1. The van der Waals surface area contributed by atoms with E-state index in [9.17, 15) is 24.3 Å². The molecule has 1 aromatic carbocycles. The van der Waals surface area contributed by atoms with Crippen LogP contribution in [-0.2, 0) is 23.9 Å². The first-order valence-electron chi connectivity index (χ1n) is 17.1. The number of hydrogen-bond acceptors (Lipinski definition) is 14. The summed E-state index contributed by atoms with van der Waals surface area (Å²) in [5.74, 6) is 1.03. The fraction of sp³-hybridized carbons (Fsp3) is 0.444. The van der Waals surface area contributed by atoms with Crippen molar-refractivity contribution in [2.45, 2.75) is 103 Å². The van der Waals surface area contributed by atoms with Gasteiger partial charge < -0.3 is 38.9 Å². The van der Waals surface area contributed by atoms with Gasteiger partial charge in [0.05, 0.1) is 12.2 Å². The van der Waals surface area contributed by atoms with Crippen molar-refractivity contribution >= 4 is 12.6 Å². The minimum atomic E-state index is -0.719. The smallest absolute Gasteiger partial charge is 0.662 e. The van der Waals surface area contributed by atoms with Crippen molar-refractivity contribution in [1.82, 2.24) is 19.1 Å². The monoisotopic (exact) mass is 762 g/mol. The summed E-state index contributed by atoms with van der Waals surface area (Å²) in [6, 6.07) is 9.23. The van der Waals surface area contributed by atoms with Crippen LogP contribution < -0.4 is 61.1 Å². The van der Waals surface area contributed by atoms with E-state index in [0.717, 1.165) is 32.1 Å². The van der Waals surface area contributed by atoms with Crippen molar-refractivity contribution in [3.63, 3.8) is 0 Å². The average molecular weight is 763 g/mol. The number of nitrogens with zero attached hydrogens (tertiary/aromatic N) is 3. The van der Waals surface area contributed by atoms with Gasteiger partial charge in [0.15, 0.2) is 12.5 Å². The number of allylic oxidation sites excluding steroid dienone is 3. The van der Waals surface area contributed by atoms with Crippen molar-refractivity contribution in [3.05, 3.63) is 109 Å². The second-order valence-corrected chi connectivity index (χ2v) is 12.3. The number of ether oxygens (including phenoxy) is 5. The van der Waals surface area contributed by atoms with E-state index in [2.05, 4.69) is 21.8 Å². The first-order valence-corrected chi connectivity index (χ1v) is 17.1. The van der Waals surface area contributed by atoms with Crippen LogP contribution in [0.5, 0.6) is 11.8 Å². The summed E-state index contributed by atoms with van der Waals surface area (Å²) in [5, 5.41) is 18.3. The normalized spacial score (nSPS) is 22.7. The maximum Gasteiger partial charge on any atom is 1.00 e. The number of aliphatic hydroxyl groups is 1. The Morgan fingerprint density at radius 3 is 2.24 bits per heavy atom. The van der Waals surface area contributed by atoms with Crippen LogP contribution in [0.3, 0.4) is 0 Å². The largest absolute Gasteiger partial charge is 1.00 e. The molecular formula is C36H43N4NaO13. The van der Waals surface area contributed by atoms with E-state index in [0.29, 0.717) is 35.1 Å². The van der Waals surface area contributed by atoms with Crippen LogP contribution in [-0.4, -0.2) is 61.3 Å². The summed E-state index contributed by atoms with van der Waals surface area (Å²) in [7, 11) is 0. The predicted octanol–water partition coefficient (Wildman–Crippen LogP) is -0.212. The molecule has 0 radical (unpaired) electrons. The van der Waals surface area contributed by atoms with Crippen LogP contribution in [0.15, 0.2) is 81.1 Å². The molecule has 3 aromatic rings. The number of aryl methyl sites for hydroxylation is 2. The van der Waals surface area contributed by atoms with E-state index < -0.39 is 29.7 Å². The van der Waals surface area contributed by atoms with Gasteiger partial charge in [-0.25, -0.2) is 9.59 Å². The molecule has 2 unspecified atom stereocenters. The molecule has 0 amide bonds. The Bertz CT molecular complexity index is 1930. The molecule has 0 saturated carbocycles. The molecule has 2 saturated heterocycles. The van der Waals surface area contributed by atoms with E-state index >= 15 is 0 Å². The first-order chi connectivity index (χ1) is 25.5. The van der Waals surface area contributed by atoms with Crippen LogP contribution in [0, 0.1) is 13.8 Å². The van der Waals surface area contributed by atoms with E-state index in [1.807, 2.05) is 29.7 Å². The van der Waals surface area contributed by atoms with Gasteiger partial charge in [0, 0.05) is 36.4 Å². The first kappa shape index (κ1) is 44.0. The van der Waals surface area contributed by atoms with Crippen LogP contribution in [0.1, 0.15) is 76.0 Å². The second kappa shape index (κ2) is 21.5. The summed E-state index contributed by atoms with van der Waals surface area (Å²) < 4.78 is 30.1. The number of fused-ring (bicyclic) bond motifs is 3. The van der Waals surface area contributed by atoms with Gasteiger partial charge in [-0.1, -0.05) is 38.1 Å². The van der Waals surface area contributed by atoms with Crippen molar-refractivity contribution in [2.24, 2.45) is 0 Å². The average Bonchev–Trinajstić information content (AvgIpc) is 3.84. The molecule has 4 aliphatic rings. The Morgan fingerprint density at radius 1 is 0.981 bits per heavy atom. The van der Waals surface area contributed by atoms with Gasteiger partial charge in [0.2, 0.25) is 0 Å². The van der Waals surface area contributed by atoms with Gasteiger partial charge in [-0.15, -0.1) is 0 Å². The van der Waals surface area contributed by atoms with Gasteiger partial charge >= 0.3 is 47.4 Å². The van der Waals surface area contributed by atoms with Crippen LogP contribution in [0.2, 0.25) is 0 Å². The van der Waals surface area contributed by atoms with Crippen LogP contribution >= 0.6 is 0 Å². The number of hydrogen-bond donors (Lipinski definition) is 2. The minimum Gasteiger partial charge on any atom is -0.662 e. The number of benzene rings is 1. The molecule has 7 rings (SSSR count). The number of aromatic nitrogens is 4. The fourth-order valence-corrected chi connectivity index (χ4v) is 5.67. The van der Waals surface area contributed by atoms with Crippen molar-refractivity contribution in [1.29, 1.82) is 0 Å². The standard InChI is InChI=1S/C13H12O3.C11H16N2O4.C11H14N2O3.CH2O3.Na/c14-13(15-11-7-3-1-4-8-11)16-12-9-5-2-6-10-12;1-3-7-4-8(14)10(17-7)13-5-6(2)9(15)12-11(13)16;1-3-7-4-8-10(15-7)13-5-6(2)9(14)12-11(13)16-8;2-1-4-3;/h1,3-5,7-10H,2,6H2;5,7-8,10,14H,3-4H2,1-2H3,(H,12,15,16);5,7-8,10H,3-4H2,1-2H3;1,3H;/q;;;;+1/p-1/t;2*7-,8?,10-;;/m.11../s1. The third-order valence-corrected chi connectivity index (χ3v) is 8.41. The molecule has 2 fully saturated rings. The molecule has 1 aliphatic carbocycles. The summed E-state index contributed by atoms with van der Waals surface area (Å²) in [4.78, 5) is 62.9. The minimum absolute atomic E-state index is 0. The Balaban J connectivity index is 0.000000205. The molecule has 0 bridgehead atoms. The van der Waals surface area contributed by atoms with Gasteiger partial charge in [0.1, 0.15) is 23.7 Å². The molecule has 6 atom stereocenters. The molecule has 2 N–H and O–H groups in total. The number of aliphatic hydroxyl groups excluding tert-OH is 1. The van der Waals surface area contributed by atoms with Gasteiger partial charge in [-0.3, -0.25) is 28.5 Å². The summed E-state index contributed by atoms with van der Waals surface area (Å²) >= 11 is 0. The zero-order chi connectivity index (χ0) is 38.5. The van der Waals surface area contributed by atoms with Crippen molar-refractivity contribution in [2.75, 3.05) is 0 Å². The second-order valence-electron chi connectivity index (χ2n) is 12.3. The van der Waals surface area contributed by atoms with E-state index in [-0.39, 0.29) is 66.1 Å². The number of carbonyl (C=O) groups excluding carboxylic acids is 2. The predicted molar refractivity (Wildman–Crippen MR) is 185 cm³/mol. The molecule has 2 aromatic heterocycles. The van der Waals surface area contributed by atoms with Crippen molar-refractivity contribution in [3.8, 4) is 11.8 Å². The molecule has 286 valence electrons. The quantitative estimate of drug-likeness (QED) is 0.0829. The number of carbonyl (C=O) groups is 2. The Hall–Kier alpha value is -4.36. The zero-order valence-electron chi connectivity index (χ0n) is 30.7. The van der Waals surface area contributed by atoms with Crippen molar-refractivity contribution < 1.29 is 78.1 Å². The molecule has 18 heteroatoms. The Morgan fingerprint density at radius 2 is 1.63 bits per heavy atom. The van der Waals surface area contributed by atoms with Gasteiger partial charge in [0.25, 0.3) is 17.6 Å². The molecule has 54 heavy (non-hydrogen) atoms.